The van der Waals surface area contributed by atoms with E-state index in [4.69, 9.17) is 0 Å². The third-order valence-electron chi connectivity index (χ3n) is 3.72. The summed E-state index contributed by atoms with van der Waals surface area (Å²) in [5, 5.41) is 6.41. The van der Waals surface area contributed by atoms with Gasteiger partial charge in [-0.2, -0.15) is 0 Å². The maximum atomic E-state index is 11.0. The van der Waals surface area contributed by atoms with E-state index in [-0.39, 0.29) is 5.97 Å². The largest absolute Gasteiger partial charge is 0.469 e. The van der Waals surface area contributed by atoms with Gasteiger partial charge in [0.25, 0.3) is 0 Å². The van der Waals surface area contributed by atoms with E-state index >= 15 is 0 Å². The van der Waals surface area contributed by atoms with Crippen molar-refractivity contribution in [3.8, 4) is 11.3 Å². The van der Waals surface area contributed by atoms with Crippen molar-refractivity contribution in [2.75, 3.05) is 19.0 Å². The zero-order chi connectivity index (χ0) is 16.7. The topological polar surface area (TPSA) is 51.2 Å². The van der Waals surface area contributed by atoms with E-state index in [2.05, 4.69) is 52.5 Å². The van der Waals surface area contributed by atoms with Crippen LogP contribution in [-0.4, -0.2) is 24.6 Å². The summed E-state index contributed by atoms with van der Waals surface area (Å²) in [5.74, 6) is -0.129. The number of aromatic nitrogens is 1. The Labute approximate surface area is 141 Å². The minimum absolute atomic E-state index is 0.129. The summed E-state index contributed by atoms with van der Waals surface area (Å²) in [6.45, 7) is 5.10. The van der Waals surface area contributed by atoms with Crippen LogP contribution in [0.5, 0.6) is 0 Å². The maximum absolute atomic E-state index is 11.0. The Morgan fingerprint density at radius 1 is 1.26 bits per heavy atom. The number of thiazole rings is 1. The number of hydrogen-bond acceptors (Lipinski definition) is 5. The molecule has 0 fully saturated rings. The van der Waals surface area contributed by atoms with Crippen LogP contribution in [0.25, 0.3) is 11.3 Å². The average Bonchev–Trinajstić information content (AvgIpc) is 2.99. The van der Waals surface area contributed by atoms with Gasteiger partial charge < -0.3 is 10.1 Å². The van der Waals surface area contributed by atoms with Gasteiger partial charge in [0.15, 0.2) is 5.13 Å². The second-order valence-electron chi connectivity index (χ2n) is 5.67. The summed E-state index contributed by atoms with van der Waals surface area (Å²) in [6.07, 6.45) is 3.41. The molecule has 0 amide bonds. The molecule has 124 valence electrons. The molecule has 5 heteroatoms. The molecule has 0 spiro atoms. The molecule has 1 N–H and O–H groups in total. The summed E-state index contributed by atoms with van der Waals surface area (Å²) in [7, 11) is 1.43. The number of unbranched alkanes of at least 4 members (excludes halogenated alkanes) is 2. The lowest BCUT2D eigenvalue weighted by atomic mass is 10.0. The van der Waals surface area contributed by atoms with Gasteiger partial charge in [-0.25, -0.2) is 4.98 Å². The van der Waals surface area contributed by atoms with Crippen LogP contribution in [0, 0.1) is 13.8 Å². The van der Waals surface area contributed by atoms with Crippen molar-refractivity contribution in [1.82, 2.24) is 4.98 Å². The summed E-state index contributed by atoms with van der Waals surface area (Å²) in [5.41, 5.74) is 4.75. The smallest absolute Gasteiger partial charge is 0.305 e. The number of methoxy groups -OCH3 is 1. The first kappa shape index (κ1) is 17.5. The molecule has 0 atom stereocenters. The highest BCUT2D eigenvalue weighted by Gasteiger charge is 2.07. The number of aryl methyl sites for hydroxylation is 2. The van der Waals surface area contributed by atoms with Crippen molar-refractivity contribution in [2.45, 2.75) is 39.5 Å². The lowest BCUT2D eigenvalue weighted by molar-refractivity contribution is -0.140. The fourth-order valence-corrected chi connectivity index (χ4v) is 3.19. The molecule has 0 radical (unpaired) electrons. The molecule has 0 saturated carbocycles. The van der Waals surface area contributed by atoms with Crippen LogP contribution in [-0.2, 0) is 9.53 Å². The maximum Gasteiger partial charge on any atom is 0.305 e. The molecule has 1 heterocycles. The molecular formula is C18H24N2O2S. The first-order valence-electron chi connectivity index (χ1n) is 7.94. The molecule has 0 unspecified atom stereocenters. The summed E-state index contributed by atoms with van der Waals surface area (Å²) < 4.78 is 4.62. The lowest BCUT2D eigenvalue weighted by Gasteiger charge is -2.04. The number of esters is 1. The van der Waals surface area contributed by atoms with E-state index < -0.39 is 0 Å². The fourth-order valence-electron chi connectivity index (χ4n) is 2.45. The van der Waals surface area contributed by atoms with Crippen LogP contribution in [0.15, 0.2) is 23.6 Å². The highest BCUT2D eigenvalue weighted by Crippen LogP contribution is 2.27. The Morgan fingerprint density at radius 2 is 2.09 bits per heavy atom. The summed E-state index contributed by atoms with van der Waals surface area (Å²) >= 11 is 1.63. The van der Waals surface area contributed by atoms with Crippen molar-refractivity contribution >= 4 is 22.4 Å². The quantitative estimate of drug-likeness (QED) is 0.568. The van der Waals surface area contributed by atoms with Crippen LogP contribution in [0.1, 0.15) is 36.8 Å². The van der Waals surface area contributed by atoms with E-state index in [1.807, 2.05) is 0 Å². The number of carbonyl (C=O) groups excluding carboxylic acids is 1. The lowest BCUT2D eigenvalue weighted by Crippen LogP contribution is -2.03. The van der Waals surface area contributed by atoms with Gasteiger partial charge in [0.05, 0.1) is 12.8 Å². The van der Waals surface area contributed by atoms with Gasteiger partial charge in [-0.15, -0.1) is 11.3 Å². The van der Waals surface area contributed by atoms with E-state index in [1.165, 1.54) is 23.8 Å². The predicted octanol–water partition coefficient (Wildman–Crippen LogP) is 4.57. The van der Waals surface area contributed by atoms with Gasteiger partial charge in [0, 0.05) is 23.9 Å². The van der Waals surface area contributed by atoms with E-state index in [9.17, 15) is 4.79 Å². The molecule has 1 aromatic carbocycles. The number of hydrogen-bond donors (Lipinski definition) is 1. The zero-order valence-corrected chi connectivity index (χ0v) is 14.8. The van der Waals surface area contributed by atoms with Crippen molar-refractivity contribution in [3.63, 3.8) is 0 Å². The molecular weight excluding hydrogens is 308 g/mol. The van der Waals surface area contributed by atoms with Crippen LogP contribution >= 0.6 is 11.3 Å². The molecule has 23 heavy (non-hydrogen) atoms. The third kappa shape index (κ3) is 5.36. The van der Waals surface area contributed by atoms with Crippen molar-refractivity contribution < 1.29 is 9.53 Å². The Balaban J connectivity index is 1.78. The monoisotopic (exact) mass is 332 g/mol. The van der Waals surface area contributed by atoms with Crippen LogP contribution < -0.4 is 5.32 Å². The predicted molar refractivity (Wildman–Crippen MR) is 96.0 cm³/mol. The standard InChI is InChI=1S/C18H24N2O2S/c1-13-8-9-15(14(2)11-13)16-12-23-18(20-16)19-10-6-4-5-7-17(21)22-3/h8-9,11-12H,4-7,10H2,1-3H3,(H,19,20). The molecule has 0 aliphatic carbocycles. The number of benzene rings is 1. The SMILES string of the molecule is COC(=O)CCCCCNc1nc(-c2ccc(C)cc2C)cs1. The van der Waals surface area contributed by atoms with Gasteiger partial charge in [-0.05, 0) is 32.3 Å². The van der Waals surface area contributed by atoms with E-state index in [0.29, 0.717) is 6.42 Å². The molecule has 0 bridgehead atoms. The van der Waals surface area contributed by atoms with Crippen molar-refractivity contribution in [1.29, 1.82) is 0 Å². The van der Waals surface area contributed by atoms with Gasteiger partial charge in [0.2, 0.25) is 0 Å². The molecule has 0 saturated heterocycles. The number of rotatable bonds is 8. The molecule has 0 aliphatic rings. The Morgan fingerprint density at radius 3 is 2.83 bits per heavy atom. The number of carbonyl (C=O) groups is 1. The normalized spacial score (nSPS) is 10.6. The van der Waals surface area contributed by atoms with Gasteiger partial charge in [-0.3, -0.25) is 4.79 Å². The van der Waals surface area contributed by atoms with Gasteiger partial charge in [-0.1, -0.05) is 30.2 Å². The van der Waals surface area contributed by atoms with E-state index in [0.717, 1.165) is 36.6 Å². The van der Waals surface area contributed by atoms with E-state index in [1.54, 1.807) is 11.3 Å². The molecule has 0 aliphatic heterocycles. The van der Waals surface area contributed by atoms with Crippen LogP contribution in [0.2, 0.25) is 0 Å². The Kier molecular flexibility index (Phi) is 6.59. The minimum atomic E-state index is -0.129. The van der Waals surface area contributed by atoms with Gasteiger partial charge in [0.1, 0.15) is 0 Å². The molecule has 2 rings (SSSR count). The Bertz CT molecular complexity index is 652. The molecule has 2 aromatic rings. The number of nitrogens with zero attached hydrogens (tertiary/aromatic N) is 1. The van der Waals surface area contributed by atoms with Crippen LogP contribution in [0.4, 0.5) is 5.13 Å². The van der Waals surface area contributed by atoms with Gasteiger partial charge >= 0.3 is 5.97 Å². The minimum Gasteiger partial charge on any atom is -0.469 e. The fraction of sp³-hybridized carbons (Fsp3) is 0.444. The highest BCUT2D eigenvalue weighted by atomic mass is 32.1. The number of ether oxygens (including phenoxy) is 1. The average molecular weight is 332 g/mol. The second-order valence-corrected chi connectivity index (χ2v) is 6.53. The Hall–Kier alpha value is -1.88. The first-order valence-corrected chi connectivity index (χ1v) is 8.82. The number of anilines is 1. The highest BCUT2D eigenvalue weighted by molar-refractivity contribution is 7.14. The zero-order valence-electron chi connectivity index (χ0n) is 14.0. The van der Waals surface area contributed by atoms with Crippen molar-refractivity contribution in [3.05, 3.63) is 34.7 Å². The third-order valence-corrected chi connectivity index (χ3v) is 4.52. The number of nitrogens with one attached hydrogen (secondary N) is 1. The first-order chi connectivity index (χ1) is 11.1. The summed E-state index contributed by atoms with van der Waals surface area (Å²) in [6, 6.07) is 6.44. The summed E-state index contributed by atoms with van der Waals surface area (Å²) in [4.78, 5) is 15.7. The van der Waals surface area contributed by atoms with Crippen LogP contribution in [0.3, 0.4) is 0 Å². The molecule has 4 nitrogen and oxygen atoms in total. The van der Waals surface area contributed by atoms with Crippen molar-refractivity contribution in [2.24, 2.45) is 0 Å². The second kappa shape index (κ2) is 8.67. The molecule has 1 aromatic heterocycles.